The van der Waals surface area contributed by atoms with Gasteiger partial charge in [-0.25, -0.2) is 32.3 Å². The van der Waals surface area contributed by atoms with E-state index in [9.17, 15) is 39.6 Å². The predicted octanol–water partition coefficient (Wildman–Crippen LogP) is 5.14. The summed E-state index contributed by atoms with van der Waals surface area (Å²) in [5.74, 6) is -4.89. The molecular weight excluding hydrogens is 728 g/mol. The van der Waals surface area contributed by atoms with E-state index in [2.05, 4.69) is 9.97 Å². The number of fused-ring (bicyclic) bond motifs is 1. The van der Waals surface area contributed by atoms with Crippen molar-refractivity contribution < 1.29 is 59.3 Å². The van der Waals surface area contributed by atoms with Crippen LogP contribution >= 0.6 is 11.6 Å². The normalized spacial score (nSPS) is 12.3. The number of alkyl halides is 6. The predicted molar refractivity (Wildman–Crippen MR) is 168 cm³/mol. The van der Waals surface area contributed by atoms with Crippen LogP contribution in [0.1, 0.15) is 24.1 Å². The molecule has 4 N–H and O–H groups in total. The number of hydrogen-bond acceptors (Lipinski definition) is 9. The summed E-state index contributed by atoms with van der Waals surface area (Å²) >= 11 is 6.69. The Bertz CT molecular complexity index is 2050. The van der Waals surface area contributed by atoms with Gasteiger partial charge in [-0.3, -0.25) is 4.79 Å². The Kier molecular flexibility index (Phi) is 13.0. The molecule has 272 valence electrons. The molecule has 0 radical (unpaired) electrons. The van der Waals surface area contributed by atoms with Crippen molar-refractivity contribution in [2.45, 2.75) is 37.1 Å². The van der Waals surface area contributed by atoms with E-state index in [1.807, 2.05) is 19.9 Å². The lowest BCUT2D eigenvalue weighted by atomic mass is 9.93. The number of sulfonamides is 1. The van der Waals surface area contributed by atoms with E-state index in [0.717, 1.165) is 9.87 Å². The van der Waals surface area contributed by atoms with Crippen LogP contribution in [0.15, 0.2) is 58.6 Å². The molecule has 2 heterocycles. The summed E-state index contributed by atoms with van der Waals surface area (Å²) in [5.41, 5.74) is 8.83. The third-order valence-electron chi connectivity index (χ3n) is 6.70. The summed E-state index contributed by atoms with van der Waals surface area (Å²) in [7, 11) is 0.864. The number of methoxy groups -OCH3 is 1. The summed E-state index contributed by atoms with van der Waals surface area (Å²) in [4.78, 5) is 38.7. The van der Waals surface area contributed by atoms with Crippen molar-refractivity contribution in [1.82, 2.24) is 18.8 Å². The number of aromatic nitrogens is 3. The first-order valence-electron chi connectivity index (χ1n) is 13.5. The van der Waals surface area contributed by atoms with Crippen LogP contribution in [0.5, 0.6) is 5.75 Å². The molecule has 2 aromatic carbocycles. The van der Waals surface area contributed by atoms with Gasteiger partial charge in [-0.2, -0.15) is 26.3 Å². The van der Waals surface area contributed by atoms with Crippen molar-refractivity contribution in [2.24, 2.45) is 0 Å². The highest BCUT2D eigenvalue weighted by Crippen LogP contribution is 2.43. The second-order valence-electron chi connectivity index (χ2n) is 10.1. The molecule has 0 amide bonds. The number of anilines is 1. The van der Waals surface area contributed by atoms with Crippen LogP contribution in [0.2, 0.25) is 5.02 Å². The molecule has 0 aliphatic rings. The highest BCUT2D eigenvalue weighted by molar-refractivity contribution is 7.89. The van der Waals surface area contributed by atoms with Gasteiger partial charge in [0.25, 0.3) is 0 Å². The van der Waals surface area contributed by atoms with Gasteiger partial charge in [-0.15, -0.1) is 0 Å². The Balaban J connectivity index is 0.000000521. The Morgan fingerprint density at radius 2 is 1.56 bits per heavy atom. The van der Waals surface area contributed by atoms with Crippen LogP contribution in [0.3, 0.4) is 0 Å². The van der Waals surface area contributed by atoms with Gasteiger partial charge in [-0.05, 0) is 43.2 Å². The Morgan fingerprint density at radius 3 is 2.04 bits per heavy atom. The number of carboxylic acids is 2. The number of nitrogen functional groups attached to an aromatic ring is 1. The lowest BCUT2D eigenvalue weighted by Gasteiger charge is -2.24. The van der Waals surface area contributed by atoms with Crippen molar-refractivity contribution in [3.8, 4) is 16.9 Å². The largest absolute Gasteiger partial charge is 0.496 e. The zero-order chi connectivity index (χ0) is 38.5. The fourth-order valence-electron chi connectivity index (χ4n) is 4.23. The van der Waals surface area contributed by atoms with Gasteiger partial charge in [0.2, 0.25) is 10.0 Å². The first kappa shape index (κ1) is 41.2. The number of halogens is 7. The van der Waals surface area contributed by atoms with Gasteiger partial charge in [-0.1, -0.05) is 23.7 Å². The molecule has 0 aliphatic heterocycles. The third-order valence-corrected chi connectivity index (χ3v) is 8.90. The van der Waals surface area contributed by atoms with Crippen molar-refractivity contribution in [3.05, 3.63) is 75.3 Å². The van der Waals surface area contributed by atoms with Crippen molar-refractivity contribution in [2.75, 3.05) is 26.9 Å². The molecule has 2 aromatic heterocycles. The van der Waals surface area contributed by atoms with E-state index >= 15 is 0 Å². The molecule has 50 heavy (non-hydrogen) atoms. The summed E-state index contributed by atoms with van der Waals surface area (Å²) in [5, 5.41) is 15.0. The molecule has 0 saturated carbocycles. The molecule has 0 aliphatic carbocycles. The Hall–Kier alpha value is -4.95. The van der Waals surface area contributed by atoms with E-state index in [1.54, 1.807) is 42.1 Å². The number of rotatable bonds is 6. The average Bonchev–Trinajstić information content (AvgIpc) is 3.01. The summed E-state index contributed by atoms with van der Waals surface area (Å²) in [6, 6.07) is 9.48. The SMILES string of the molecule is COc1c(C(C)n2ccc(=O)c3c(N)ncnc32)cc(Cl)c(C)c1-c1cccc(S(=O)(=O)N(C)C)c1.O=C(O)C(F)(F)F.O=C(O)C(F)(F)F. The van der Waals surface area contributed by atoms with Crippen molar-refractivity contribution in [1.29, 1.82) is 0 Å². The monoisotopic (exact) mass is 755 g/mol. The zero-order valence-electron chi connectivity index (χ0n) is 26.5. The smallest absolute Gasteiger partial charge is 0.490 e. The van der Waals surface area contributed by atoms with E-state index in [-0.39, 0.29) is 27.6 Å². The van der Waals surface area contributed by atoms with E-state index < -0.39 is 34.3 Å². The molecule has 4 aromatic rings. The van der Waals surface area contributed by atoms with Crippen LogP contribution in [0.25, 0.3) is 22.2 Å². The van der Waals surface area contributed by atoms with Gasteiger partial charge in [0, 0.05) is 42.5 Å². The fourth-order valence-corrected chi connectivity index (χ4v) is 5.39. The third kappa shape index (κ3) is 9.39. The van der Waals surface area contributed by atoms with Gasteiger partial charge in [0.15, 0.2) is 5.43 Å². The molecular formula is C29H28ClF6N5O8S. The van der Waals surface area contributed by atoms with E-state index in [0.29, 0.717) is 33.1 Å². The number of ether oxygens (including phenoxy) is 1. The minimum atomic E-state index is -5.08. The maximum atomic E-state index is 12.8. The van der Waals surface area contributed by atoms with Crippen molar-refractivity contribution >= 4 is 50.4 Å². The molecule has 0 saturated heterocycles. The van der Waals surface area contributed by atoms with Crippen LogP contribution in [-0.2, 0) is 19.6 Å². The average molecular weight is 756 g/mol. The minimum Gasteiger partial charge on any atom is -0.496 e. The lowest BCUT2D eigenvalue weighted by Crippen LogP contribution is -2.22. The molecule has 1 atom stereocenters. The Morgan fingerprint density at radius 1 is 1.02 bits per heavy atom. The molecule has 1 unspecified atom stereocenters. The summed E-state index contributed by atoms with van der Waals surface area (Å²) < 4.78 is 97.9. The van der Waals surface area contributed by atoms with Gasteiger partial charge in [0.05, 0.1) is 18.0 Å². The number of pyridine rings is 1. The molecule has 0 fully saturated rings. The van der Waals surface area contributed by atoms with Crippen LogP contribution in [0, 0.1) is 6.92 Å². The number of aliphatic carboxylic acids is 2. The zero-order valence-corrected chi connectivity index (χ0v) is 28.0. The van der Waals surface area contributed by atoms with Crippen LogP contribution in [0.4, 0.5) is 32.2 Å². The number of carboxylic acid groups (broad SMARTS) is 2. The molecule has 0 bridgehead atoms. The van der Waals surface area contributed by atoms with E-state index in [1.165, 1.54) is 26.5 Å². The quantitative estimate of drug-likeness (QED) is 0.221. The standard InChI is InChI=1S/C25H26ClN5O4S.2C2HF3O2/c1-14-19(26)12-18(15(2)31-10-9-20(32)22-24(27)28-13-29-25(22)31)23(35-5)21(14)16-7-6-8-17(11-16)36(33,34)30(3)4;2*3-2(4,5)1(6)7/h6-13,15H,1-5H3,(H2,27,28,29);2*(H,6,7). The number of nitrogens with zero attached hydrogens (tertiary/aromatic N) is 4. The highest BCUT2D eigenvalue weighted by Gasteiger charge is 2.39. The minimum absolute atomic E-state index is 0.0973. The molecule has 21 heteroatoms. The van der Waals surface area contributed by atoms with Gasteiger partial charge < -0.3 is 25.3 Å². The maximum absolute atomic E-state index is 12.8. The van der Waals surface area contributed by atoms with Crippen molar-refractivity contribution in [3.63, 3.8) is 0 Å². The number of carbonyl (C=O) groups is 2. The lowest BCUT2D eigenvalue weighted by molar-refractivity contribution is -0.193. The molecule has 13 nitrogen and oxygen atoms in total. The first-order valence-corrected chi connectivity index (χ1v) is 15.3. The topological polar surface area (TPSA) is 195 Å². The number of hydrogen-bond donors (Lipinski definition) is 3. The summed E-state index contributed by atoms with van der Waals surface area (Å²) in [6.07, 6.45) is -7.22. The van der Waals surface area contributed by atoms with Crippen LogP contribution in [-0.4, -0.2) is 83.0 Å². The highest BCUT2D eigenvalue weighted by atomic mass is 35.5. The van der Waals surface area contributed by atoms with E-state index in [4.69, 9.17) is 41.9 Å². The van der Waals surface area contributed by atoms with Gasteiger partial charge >= 0.3 is 24.3 Å². The van der Waals surface area contributed by atoms with Crippen LogP contribution < -0.4 is 15.9 Å². The molecule has 4 rings (SSSR count). The number of nitrogens with two attached hydrogens (primary N) is 1. The fraction of sp³-hybridized carbons (Fsp3) is 0.276. The number of benzene rings is 2. The van der Waals surface area contributed by atoms with Gasteiger partial charge in [0.1, 0.15) is 28.9 Å². The first-order chi connectivity index (χ1) is 22.9. The molecule has 0 spiro atoms. The maximum Gasteiger partial charge on any atom is 0.490 e. The summed E-state index contributed by atoms with van der Waals surface area (Å²) in [6.45, 7) is 3.77. The Labute approximate surface area is 284 Å². The second kappa shape index (κ2) is 15.7. The second-order valence-corrected chi connectivity index (χ2v) is 12.7.